The fourth-order valence-electron chi connectivity index (χ4n) is 1.33. The molecule has 0 atom stereocenters. The summed E-state index contributed by atoms with van der Waals surface area (Å²) in [6.07, 6.45) is 1.56. The Labute approximate surface area is 91.6 Å². The predicted molar refractivity (Wildman–Crippen MR) is 62.1 cm³/mol. The molecule has 1 aromatic carbocycles. The Hall–Kier alpha value is -2.43. The molecule has 5 heteroatoms. The smallest absolute Gasteiger partial charge is 0.264 e. The first-order chi connectivity index (χ1) is 7.79. The SMILES string of the molecule is NN=Cc1ccc(-c2ccc(=O)[nH]n2)cc1. The maximum Gasteiger partial charge on any atom is 0.264 e. The van der Waals surface area contributed by atoms with Crippen molar-refractivity contribution in [2.24, 2.45) is 10.9 Å². The standard InChI is InChI=1S/C11H10N4O/c12-13-7-8-1-3-9(4-2-8)10-5-6-11(16)15-14-10/h1-7H,12H2,(H,15,16). The van der Waals surface area contributed by atoms with E-state index in [1.165, 1.54) is 6.07 Å². The number of nitrogens with one attached hydrogen (secondary N) is 1. The first-order valence-corrected chi connectivity index (χ1v) is 4.69. The number of aromatic amines is 1. The maximum atomic E-state index is 10.8. The van der Waals surface area contributed by atoms with E-state index in [0.717, 1.165) is 16.8 Å². The third kappa shape index (κ3) is 2.14. The Balaban J connectivity index is 2.34. The van der Waals surface area contributed by atoms with Crippen LogP contribution >= 0.6 is 0 Å². The van der Waals surface area contributed by atoms with Crippen LogP contribution in [-0.4, -0.2) is 16.4 Å². The fraction of sp³-hybridized carbons (Fsp3) is 0. The molecule has 0 fully saturated rings. The van der Waals surface area contributed by atoms with Crippen LogP contribution in [0.5, 0.6) is 0 Å². The Morgan fingerprint density at radius 3 is 2.50 bits per heavy atom. The minimum Gasteiger partial charge on any atom is -0.323 e. The summed E-state index contributed by atoms with van der Waals surface area (Å²) in [6.45, 7) is 0. The molecule has 2 aromatic rings. The molecule has 0 saturated heterocycles. The first kappa shape index (κ1) is 10.1. The summed E-state index contributed by atoms with van der Waals surface area (Å²) in [7, 11) is 0. The van der Waals surface area contributed by atoms with Gasteiger partial charge in [-0.3, -0.25) is 4.79 Å². The summed E-state index contributed by atoms with van der Waals surface area (Å²) in [5.74, 6) is 5.04. The minimum atomic E-state index is -0.212. The lowest BCUT2D eigenvalue weighted by Crippen LogP contribution is -2.05. The summed E-state index contributed by atoms with van der Waals surface area (Å²) in [5.41, 5.74) is 2.34. The van der Waals surface area contributed by atoms with Crippen molar-refractivity contribution in [1.82, 2.24) is 10.2 Å². The highest BCUT2D eigenvalue weighted by molar-refractivity contribution is 5.80. The molecule has 1 heterocycles. The van der Waals surface area contributed by atoms with E-state index in [2.05, 4.69) is 15.3 Å². The van der Waals surface area contributed by atoms with Crippen molar-refractivity contribution in [2.75, 3.05) is 0 Å². The molecule has 0 aliphatic carbocycles. The van der Waals surface area contributed by atoms with Crippen molar-refractivity contribution in [1.29, 1.82) is 0 Å². The van der Waals surface area contributed by atoms with E-state index in [-0.39, 0.29) is 5.56 Å². The molecule has 16 heavy (non-hydrogen) atoms. The average Bonchev–Trinajstić information content (AvgIpc) is 2.32. The number of H-pyrrole nitrogens is 1. The van der Waals surface area contributed by atoms with E-state index in [1.54, 1.807) is 12.3 Å². The van der Waals surface area contributed by atoms with E-state index in [4.69, 9.17) is 5.84 Å². The molecule has 0 radical (unpaired) electrons. The van der Waals surface area contributed by atoms with Crippen LogP contribution in [0.2, 0.25) is 0 Å². The maximum absolute atomic E-state index is 10.8. The molecule has 0 saturated carbocycles. The topological polar surface area (TPSA) is 84.1 Å². The van der Waals surface area contributed by atoms with Crippen LogP contribution in [0.1, 0.15) is 5.56 Å². The van der Waals surface area contributed by atoms with Gasteiger partial charge in [0.2, 0.25) is 0 Å². The number of hydrogen-bond donors (Lipinski definition) is 2. The lowest BCUT2D eigenvalue weighted by molar-refractivity contribution is 0.995. The van der Waals surface area contributed by atoms with E-state index in [1.807, 2.05) is 24.3 Å². The summed E-state index contributed by atoms with van der Waals surface area (Å²) >= 11 is 0. The molecule has 2 rings (SSSR count). The van der Waals surface area contributed by atoms with Gasteiger partial charge < -0.3 is 5.84 Å². The second-order valence-electron chi connectivity index (χ2n) is 3.21. The van der Waals surface area contributed by atoms with Crippen molar-refractivity contribution in [2.45, 2.75) is 0 Å². The van der Waals surface area contributed by atoms with Gasteiger partial charge in [0.1, 0.15) is 0 Å². The molecule has 0 aliphatic heterocycles. The van der Waals surface area contributed by atoms with Gasteiger partial charge in [0.25, 0.3) is 5.56 Å². The zero-order valence-electron chi connectivity index (χ0n) is 8.42. The minimum absolute atomic E-state index is 0.212. The number of benzene rings is 1. The Kier molecular flexibility index (Phi) is 2.77. The highest BCUT2D eigenvalue weighted by atomic mass is 16.1. The number of rotatable bonds is 2. The average molecular weight is 214 g/mol. The van der Waals surface area contributed by atoms with Crippen LogP contribution in [0.3, 0.4) is 0 Å². The molecule has 3 N–H and O–H groups in total. The second-order valence-corrected chi connectivity index (χ2v) is 3.21. The molecule has 1 aromatic heterocycles. The second kappa shape index (κ2) is 4.39. The third-order valence-electron chi connectivity index (χ3n) is 2.11. The molecule has 0 spiro atoms. The van der Waals surface area contributed by atoms with Crippen LogP contribution in [0.15, 0.2) is 46.3 Å². The molecule has 80 valence electrons. The highest BCUT2D eigenvalue weighted by Crippen LogP contribution is 2.14. The Morgan fingerprint density at radius 1 is 1.19 bits per heavy atom. The van der Waals surface area contributed by atoms with Gasteiger partial charge in [0.15, 0.2) is 0 Å². The fourth-order valence-corrected chi connectivity index (χ4v) is 1.33. The number of hydrogen-bond acceptors (Lipinski definition) is 4. The zero-order chi connectivity index (χ0) is 11.4. The van der Waals surface area contributed by atoms with Crippen LogP contribution in [0.25, 0.3) is 11.3 Å². The van der Waals surface area contributed by atoms with Gasteiger partial charge in [-0.2, -0.15) is 10.2 Å². The molecular formula is C11H10N4O. The van der Waals surface area contributed by atoms with Crippen LogP contribution < -0.4 is 11.4 Å². The Morgan fingerprint density at radius 2 is 1.94 bits per heavy atom. The van der Waals surface area contributed by atoms with E-state index < -0.39 is 0 Å². The number of nitrogens with zero attached hydrogens (tertiary/aromatic N) is 2. The zero-order valence-corrected chi connectivity index (χ0v) is 8.42. The number of nitrogens with two attached hydrogens (primary N) is 1. The quantitative estimate of drug-likeness (QED) is 0.439. The summed E-state index contributed by atoms with van der Waals surface area (Å²) in [6, 6.07) is 10.6. The lowest BCUT2D eigenvalue weighted by atomic mass is 10.1. The van der Waals surface area contributed by atoms with Gasteiger partial charge in [-0.25, -0.2) is 5.10 Å². The van der Waals surface area contributed by atoms with E-state index in [9.17, 15) is 4.79 Å². The van der Waals surface area contributed by atoms with Crippen LogP contribution in [0.4, 0.5) is 0 Å². The lowest BCUT2D eigenvalue weighted by Gasteiger charge is -1.99. The van der Waals surface area contributed by atoms with Crippen LogP contribution in [0, 0.1) is 0 Å². The van der Waals surface area contributed by atoms with Crippen molar-refractivity contribution in [3.05, 3.63) is 52.3 Å². The van der Waals surface area contributed by atoms with Gasteiger partial charge in [0, 0.05) is 11.6 Å². The largest absolute Gasteiger partial charge is 0.323 e. The van der Waals surface area contributed by atoms with Crippen molar-refractivity contribution in [3.63, 3.8) is 0 Å². The summed E-state index contributed by atoms with van der Waals surface area (Å²) in [4.78, 5) is 10.8. The molecule has 0 aliphatic rings. The molecule has 0 bridgehead atoms. The van der Waals surface area contributed by atoms with Crippen molar-refractivity contribution < 1.29 is 0 Å². The predicted octanol–water partition coefficient (Wildman–Crippen LogP) is 0.729. The third-order valence-corrected chi connectivity index (χ3v) is 2.11. The van der Waals surface area contributed by atoms with Crippen LogP contribution in [-0.2, 0) is 0 Å². The van der Waals surface area contributed by atoms with Gasteiger partial charge in [-0.15, -0.1) is 0 Å². The molecular weight excluding hydrogens is 204 g/mol. The highest BCUT2D eigenvalue weighted by Gasteiger charge is 1.98. The molecule has 0 unspecified atom stereocenters. The Bertz CT molecular complexity index is 536. The van der Waals surface area contributed by atoms with Crippen molar-refractivity contribution >= 4 is 6.21 Å². The first-order valence-electron chi connectivity index (χ1n) is 4.69. The summed E-state index contributed by atoms with van der Waals surface area (Å²) < 4.78 is 0. The van der Waals surface area contributed by atoms with E-state index >= 15 is 0 Å². The van der Waals surface area contributed by atoms with Gasteiger partial charge in [-0.05, 0) is 11.6 Å². The van der Waals surface area contributed by atoms with Gasteiger partial charge >= 0.3 is 0 Å². The number of aromatic nitrogens is 2. The van der Waals surface area contributed by atoms with Gasteiger partial charge in [-0.1, -0.05) is 24.3 Å². The summed E-state index contributed by atoms with van der Waals surface area (Å²) in [5, 5.41) is 9.75. The molecule has 0 amide bonds. The van der Waals surface area contributed by atoms with Crippen molar-refractivity contribution in [3.8, 4) is 11.3 Å². The molecule has 5 nitrogen and oxygen atoms in total. The number of hydrazone groups is 1. The van der Waals surface area contributed by atoms with Gasteiger partial charge in [0.05, 0.1) is 11.9 Å². The monoisotopic (exact) mass is 214 g/mol. The normalized spacial score (nSPS) is 10.8. The van der Waals surface area contributed by atoms with E-state index in [0.29, 0.717) is 0 Å².